The summed E-state index contributed by atoms with van der Waals surface area (Å²) in [5.41, 5.74) is 7.42. The Kier molecular flexibility index (Phi) is 4.61. The lowest BCUT2D eigenvalue weighted by molar-refractivity contribution is -0.121. The molecular formula is C21H19N5O. The van der Waals surface area contributed by atoms with Gasteiger partial charge in [-0.2, -0.15) is 5.10 Å². The van der Waals surface area contributed by atoms with Gasteiger partial charge in [-0.3, -0.25) is 14.8 Å². The number of rotatable bonds is 5. The van der Waals surface area contributed by atoms with Gasteiger partial charge in [0.05, 0.1) is 17.2 Å². The van der Waals surface area contributed by atoms with Crippen LogP contribution in [0.15, 0.2) is 66.2 Å². The highest BCUT2D eigenvalue weighted by atomic mass is 16.2. The monoisotopic (exact) mass is 357 g/mol. The molecule has 0 unspecified atom stereocenters. The maximum absolute atomic E-state index is 12.1. The number of hydrogen-bond acceptors (Lipinski definition) is 4. The molecule has 0 saturated carbocycles. The van der Waals surface area contributed by atoms with Gasteiger partial charge in [-0.25, -0.2) is 5.43 Å². The van der Waals surface area contributed by atoms with Crippen LogP contribution in [0.2, 0.25) is 0 Å². The molecule has 1 amide bonds. The molecule has 0 aliphatic rings. The van der Waals surface area contributed by atoms with Crippen molar-refractivity contribution in [2.75, 3.05) is 0 Å². The predicted octanol–water partition coefficient (Wildman–Crippen LogP) is 3.43. The van der Waals surface area contributed by atoms with Crippen molar-refractivity contribution in [1.29, 1.82) is 0 Å². The zero-order valence-electron chi connectivity index (χ0n) is 15.0. The van der Waals surface area contributed by atoms with Crippen LogP contribution in [0.5, 0.6) is 0 Å². The van der Waals surface area contributed by atoms with Crippen LogP contribution in [0.25, 0.3) is 21.9 Å². The van der Waals surface area contributed by atoms with Gasteiger partial charge in [0, 0.05) is 42.5 Å². The van der Waals surface area contributed by atoms with Gasteiger partial charge in [0.2, 0.25) is 5.91 Å². The Morgan fingerprint density at radius 2 is 1.96 bits per heavy atom. The molecule has 0 spiro atoms. The maximum atomic E-state index is 12.1. The molecule has 0 bridgehead atoms. The van der Waals surface area contributed by atoms with Gasteiger partial charge in [-0.1, -0.05) is 24.3 Å². The topological polar surface area (TPSA) is 72.2 Å². The molecule has 4 rings (SSSR count). The first-order valence-corrected chi connectivity index (χ1v) is 8.78. The minimum Gasteiger partial charge on any atom is -0.347 e. The van der Waals surface area contributed by atoms with E-state index in [1.165, 1.54) is 10.9 Å². The highest BCUT2D eigenvalue weighted by Gasteiger charge is 2.06. The van der Waals surface area contributed by atoms with E-state index < -0.39 is 0 Å². The van der Waals surface area contributed by atoms with Crippen molar-refractivity contribution in [3.63, 3.8) is 0 Å². The predicted molar refractivity (Wildman–Crippen MR) is 107 cm³/mol. The number of nitrogens with one attached hydrogen (secondary N) is 1. The van der Waals surface area contributed by atoms with E-state index in [0.717, 1.165) is 22.1 Å². The number of aryl methyl sites for hydroxylation is 2. The van der Waals surface area contributed by atoms with Crippen LogP contribution in [0.1, 0.15) is 17.5 Å². The molecule has 1 N–H and O–H groups in total. The smallest absolute Gasteiger partial charge is 0.241 e. The van der Waals surface area contributed by atoms with Gasteiger partial charge < -0.3 is 4.57 Å². The van der Waals surface area contributed by atoms with Crippen molar-refractivity contribution in [3.05, 3.63) is 72.2 Å². The Morgan fingerprint density at radius 3 is 2.85 bits per heavy atom. The lowest BCUT2D eigenvalue weighted by Crippen LogP contribution is -2.19. The number of aromatic nitrogens is 3. The second kappa shape index (κ2) is 7.37. The van der Waals surface area contributed by atoms with Crippen molar-refractivity contribution >= 4 is 34.1 Å². The first-order chi connectivity index (χ1) is 13.2. The number of nitrogens with zero attached hydrogens (tertiary/aromatic N) is 4. The molecule has 0 saturated heterocycles. The fourth-order valence-electron chi connectivity index (χ4n) is 3.13. The summed E-state index contributed by atoms with van der Waals surface area (Å²) >= 11 is 0. The van der Waals surface area contributed by atoms with Crippen LogP contribution < -0.4 is 5.43 Å². The standard InChI is InChI=1S/C21H19N5O/c1-15-14-26(20-5-3-2-4-17(15)20)11-8-21(27)25-24-13-16-6-7-18-19(12-16)23-10-9-22-18/h2-7,9-10,12-14H,8,11H2,1H3,(H,25,27)/b24-13+. The molecule has 2 aromatic carbocycles. The number of amides is 1. The molecule has 27 heavy (non-hydrogen) atoms. The Labute approximate surface area is 156 Å². The maximum Gasteiger partial charge on any atom is 0.241 e. The Hall–Kier alpha value is -3.54. The average molecular weight is 357 g/mol. The van der Waals surface area contributed by atoms with Gasteiger partial charge in [0.15, 0.2) is 0 Å². The Morgan fingerprint density at radius 1 is 1.15 bits per heavy atom. The largest absolute Gasteiger partial charge is 0.347 e. The number of para-hydroxylation sites is 1. The first kappa shape index (κ1) is 16.9. The molecule has 4 aromatic rings. The second-order valence-electron chi connectivity index (χ2n) is 6.37. The van der Waals surface area contributed by atoms with E-state index in [9.17, 15) is 4.79 Å². The summed E-state index contributed by atoms with van der Waals surface area (Å²) in [6.07, 6.45) is 7.36. The van der Waals surface area contributed by atoms with Crippen molar-refractivity contribution in [3.8, 4) is 0 Å². The highest BCUT2D eigenvalue weighted by Crippen LogP contribution is 2.20. The van der Waals surface area contributed by atoms with Crippen LogP contribution in [0.3, 0.4) is 0 Å². The molecule has 2 aromatic heterocycles. The van der Waals surface area contributed by atoms with E-state index in [4.69, 9.17) is 0 Å². The lowest BCUT2D eigenvalue weighted by atomic mass is 10.2. The number of carbonyl (C=O) groups is 1. The van der Waals surface area contributed by atoms with E-state index in [0.29, 0.717) is 13.0 Å². The quantitative estimate of drug-likeness (QED) is 0.439. The van der Waals surface area contributed by atoms with Gasteiger partial charge in [-0.05, 0) is 36.2 Å². The molecule has 0 fully saturated rings. The van der Waals surface area contributed by atoms with Crippen LogP contribution in [0, 0.1) is 6.92 Å². The summed E-state index contributed by atoms with van der Waals surface area (Å²) in [5.74, 6) is -0.123. The van der Waals surface area contributed by atoms with E-state index in [-0.39, 0.29) is 5.91 Å². The summed E-state index contributed by atoms with van der Waals surface area (Å²) in [4.78, 5) is 20.6. The molecule has 0 radical (unpaired) electrons. The first-order valence-electron chi connectivity index (χ1n) is 8.78. The normalized spacial score (nSPS) is 11.4. The van der Waals surface area contributed by atoms with Crippen LogP contribution in [-0.4, -0.2) is 26.7 Å². The molecular weight excluding hydrogens is 338 g/mol. The third kappa shape index (κ3) is 3.69. The van der Waals surface area contributed by atoms with E-state index in [2.05, 4.69) is 50.3 Å². The number of benzene rings is 2. The van der Waals surface area contributed by atoms with E-state index >= 15 is 0 Å². The van der Waals surface area contributed by atoms with Gasteiger partial charge in [0.25, 0.3) is 0 Å². The van der Waals surface area contributed by atoms with Crippen molar-refractivity contribution in [2.24, 2.45) is 5.10 Å². The minimum absolute atomic E-state index is 0.123. The summed E-state index contributed by atoms with van der Waals surface area (Å²) in [6, 6.07) is 13.9. The molecule has 2 heterocycles. The van der Waals surface area contributed by atoms with Crippen LogP contribution in [-0.2, 0) is 11.3 Å². The summed E-state index contributed by atoms with van der Waals surface area (Å²) in [5, 5.41) is 5.26. The van der Waals surface area contributed by atoms with Gasteiger partial charge in [-0.15, -0.1) is 0 Å². The number of carbonyl (C=O) groups excluding carboxylic acids is 1. The van der Waals surface area contributed by atoms with Gasteiger partial charge >= 0.3 is 0 Å². The summed E-state index contributed by atoms with van der Waals surface area (Å²) in [6.45, 7) is 2.69. The second-order valence-corrected chi connectivity index (χ2v) is 6.37. The third-order valence-electron chi connectivity index (χ3n) is 4.46. The third-order valence-corrected chi connectivity index (χ3v) is 4.46. The van der Waals surface area contributed by atoms with E-state index in [1.807, 2.05) is 30.3 Å². The number of fused-ring (bicyclic) bond motifs is 2. The molecule has 134 valence electrons. The van der Waals surface area contributed by atoms with Crippen molar-refractivity contribution in [2.45, 2.75) is 19.9 Å². The number of hydrazone groups is 1. The summed E-state index contributed by atoms with van der Waals surface area (Å²) in [7, 11) is 0. The zero-order valence-corrected chi connectivity index (χ0v) is 15.0. The molecule has 6 heteroatoms. The lowest BCUT2D eigenvalue weighted by Gasteiger charge is -2.04. The number of hydrogen-bond donors (Lipinski definition) is 1. The summed E-state index contributed by atoms with van der Waals surface area (Å²) < 4.78 is 2.11. The highest BCUT2D eigenvalue weighted by molar-refractivity contribution is 5.87. The van der Waals surface area contributed by atoms with Crippen LogP contribution in [0.4, 0.5) is 0 Å². The van der Waals surface area contributed by atoms with E-state index in [1.54, 1.807) is 18.6 Å². The van der Waals surface area contributed by atoms with Crippen molar-refractivity contribution < 1.29 is 4.79 Å². The molecule has 0 atom stereocenters. The minimum atomic E-state index is -0.123. The van der Waals surface area contributed by atoms with Gasteiger partial charge in [0.1, 0.15) is 0 Å². The fraction of sp³-hybridized carbons (Fsp3) is 0.143. The molecule has 0 aliphatic heterocycles. The zero-order chi connectivity index (χ0) is 18.6. The van der Waals surface area contributed by atoms with Crippen molar-refractivity contribution in [1.82, 2.24) is 20.0 Å². The molecule has 6 nitrogen and oxygen atoms in total. The fourth-order valence-corrected chi connectivity index (χ4v) is 3.13. The van der Waals surface area contributed by atoms with Crippen LogP contribution >= 0.6 is 0 Å². The Bertz CT molecular complexity index is 1150. The SMILES string of the molecule is Cc1cn(CCC(=O)N/N=C/c2ccc3nccnc3c2)c2ccccc12. The average Bonchev–Trinajstić information content (AvgIpc) is 3.02. The molecule has 0 aliphatic carbocycles. The Balaban J connectivity index is 1.36.